The Kier molecular flexibility index (Phi) is 6.16. The third kappa shape index (κ3) is 4.10. The zero-order valence-electron chi connectivity index (χ0n) is 19.3. The highest BCUT2D eigenvalue weighted by atomic mass is 35.5. The van der Waals surface area contributed by atoms with E-state index in [4.69, 9.17) is 26.3 Å². The summed E-state index contributed by atoms with van der Waals surface area (Å²) in [6.45, 7) is 5.81. The number of hydrogen-bond acceptors (Lipinski definition) is 6. The maximum absolute atomic E-state index is 12.1. The fourth-order valence-corrected chi connectivity index (χ4v) is 5.07. The van der Waals surface area contributed by atoms with Gasteiger partial charge in [0, 0.05) is 49.4 Å². The minimum atomic E-state index is -0.117. The second kappa shape index (κ2) is 9.40. The van der Waals surface area contributed by atoms with E-state index in [1.807, 2.05) is 12.1 Å². The summed E-state index contributed by atoms with van der Waals surface area (Å²) < 4.78 is 5.46. The Morgan fingerprint density at radius 2 is 1.79 bits per heavy atom. The average molecular weight is 476 g/mol. The normalized spacial score (nSPS) is 15.6. The van der Waals surface area contributed by atoms with Crippen LogP contribution < -0.4 is 14.5 Å². The number of methoxy groups -OCH3 is 1. The number of ether oxygens (including phenoxy) is 1. The van der Waals surface area contributed by atoms with E-state index in [2.05, 4.69) is 45.9 Å². The van der Waals surface area contributed by atoms with Crippen molar-refractivity contribution in [3.8, 4) is 17.9 Å². The van der Waals surface area contributed by atoms with E-state index in [0.717, 1.165) is 51.5 Å². The predicted molar refractivity (Wildman–Crippen MR) is 135 cm³/mol. The fourth-order valence-electron chi connectivity index (χ4n) is 4.79. The van der Waals surface area contributed by atoms with Gasteiger partial charge in [0.2, 0.25) is 0 Å². The molecule has 0 radical (unpaired) electrons. The van der Waals surface area contributed by atoms with Crippen molar-refractivity contribution < 1.29 is 9.53 Å². The molecule has 2 aromatic carbocycles. The minimum absolute atomic E-state index is 0.117. The Hall–Kier alpha value is -3.50. The number of halogens is 1. The van der Waals surface area contributed by atoms with Crippen molar-refractivity contribution in [2.24, 2.45) is 0 Å². The van der Waals surface area contributed by atoms with E-state index < -0.39 is 0 Å². The quantitative estimate of drug-likeness (QED) is 0.540. The number of amides is 1. The highest BCUT2D eigenvalue weighted by molar-refractivity contribution is 6.36. The zero-order chi connectivity index (χ0) is 23.7. The van der Waals surface area contributed by atoms with Gasteiger partial charge in [-0.1, -0.05) is 41.8 Å². The predicted octanol–water partition coefficient (Wildman–Crippen LogP) is 3.53. The Bertz CT molecular complexity index is 1300. The summed E-state index contributed by atoms with van der Waals surface area (Å²) in [5.74, 6) is 6.12. The first-order chi connectivity index (χ1) is 16.6. The minimum Gasteiger partial charge on any atom is -0.467 e. The van der Waals surface area contributed by atoms with Gasteiger partial charge in [0.15, 0.2) is 0 Å². The molecule has 1 amide bonds. The van der Waals surface area contributed by atoms with Gasteiger partial charge in [-0.05, 0) is 36.8 Å². The molecule has 0 N–H and O–H groups in total. The summed E-state index contributed by atoms with van der Waals surface area (Å²) in [5.41, 5.74) is 3.22. The molecule has 174 valence electrons. The summed E-state index contributed by atoms with van der Waals surface area (Å²) in [5, 5.41) is 2.93. The van der Waals surface area contributed by atoms with Gasteiger partial charge in [0.1, 0.15) is 5.82 Å². The first-order valence-electron chi connectivity index (χ1n) is 11.4. The Morgan fingerprint density at radius 3 is 2.53 bits per heavy atom. The monoisotopic (exact) mass is 475 g/mol. The molecule has 5 rings (SSSR count). The Labute approximate surface area is 204 Å². The number of aromatic nitrogens is 2. The van der Waals surface area contributed by atoms with Crippen molar-refractivity contribution in [1.29, 1.82) is 0 Å². The van der Waals surface area contributed by atoms with Crippen LogP contribution in [0.5, 0.6) is 6.01 Å². The van der Waals surface area contributed by atoms with Crippen molar-refractivity contribution in [1.82, 2.24) is 14.9 Å². The Balaban J connectivity index is 1.44. The molecular formula is C26H26ClN5O2. The van der Waals surface area contributed by atoms with E-state index in [1.165, 1.54) is 0 Å². The molecule has 3 aromatic rings. The lowest BCUT2D eigenvalue weighted by molar-refractivity contribution is -0.125. The molecule has 0 unspecified atom stereocenters. The number of hydrogen-bond donors (Lipinski definition) is 0. The smallest absolute Gasteiger partial charge is 0.318 e. The summed E-state index contributed by atoms with van der Waals surface area (Å²) in [7, 11) is 1.59. The molecule has 0 saturated carbocycles. The SMILES string of the molecule is CC#CC(=O)N1CCN(c2nc(OC)nc3c2CCN(c2cccc4cccc(Cl)c24)C3)CC1. The molecule has 0 bridgehead atoms. The van der Waals surface area contributed by atoms with Crippen molar-refractivity contribution in [3.05, 3.63) is 52.7 Å². The number of benzene rings is 2. The third-order valence-corrected chi connectivity index (χ3v) is 6.79. The molecule has 1 aromatic heterocycles. The topological polar surface area (TPSA) is 61.8 Å². The maximum atomic E-state index is 12.1. The second-order valence-corrected chi connectivity index (χ2v) is 8.81. The number of carbonyl (C=O) groups excluding carboxylic acids is 1. The number of fused-ring (bicyclic) bond motifs is 2. The molecular weight excluding hydrogens is 450 g/mol. The van der Waals surface area contributed by atoms with Gasteiger partial charge in [-0.25, -0.2) is 0 Å². The molecule has 8 heteroatoms. The van der Waals surface area contributed by atoms with E-state index >= 15 is 0 Å². The number of anilines is 2. The van der Waals surface area contributed by atoms with Gasteiger partial charge in [-0.2, -0.15) is 9.97 Å². The summed E-state index contributed by atoms with van der Waals surface area (Å²) in [4.78, 5) is 27.9. The van der Waals surface area contributed by atoms with Gasteiger partial charge in [0.05, 0.1) is 24.4 Å². The number of nitrogens with zero attached hydrogens (tertiary/aromatic N) is 5. The van der Waals surface area contributed by atoms with Crippen LogP contribution in [0.25, 0.3) is 10.8 Å². The first kappa shape index (κ1) is 22.3. The lowest BCUT2D eigenvalue weighted by Gasteiger charge is -2.37. The third-order valence-electron chi connectivity index (χ3n) is 6.48. The lowest BCUT2D eigenvalue weighted by Crippen LogP contribution is -2.49. The fraction of sp³-hybridized carbons (Fsp3) is 0.346. The van der Waals surface area contributed by atoms with Crippen LogP contribution in [-0.4, -0.2) is 60.6 Å². The van der Waals surface area contributed by atoms with Crippen LogP contribution in [0, 0.1) is 11.8 Å². The van der Waals surface area contributed by atoms with Crippen LogP contribution in [-0.2, 0) is 17.8 Å². The van der Waals surface area contributed by atoms with Gasteiger partial charge >= 0.3 is 6.01 Å². The molecule has 1 saturated heterocycles. The van der Waals surface area contributed by atoms with E-state index in [9.17, 15) is 4.79 Å². The van der Waals surface area contributed by atoms with Crippen molar-refractivity contribution >= 4 is 39.8 Å². The van der Waals surface area contributed by atoms with Crippen molar-refractivity contribution in [2.75, 3.05) is 49.6 Å². The lowest BCUT2D eigenvalue weighted by atomic mass is 10.0. The average Bonchev–Trinajstić information content (AvgIpc) is 2.87. The first-order valence-corrected chi connectivity index (χ1v) is 11.8. The maximum Gasteiger partial charge on any atom is 0.318 e. The van der Waals surface area contributed by atoms with Gasteiger partial charge in [-0.3, -0.25) is 4.79 Å². The molecule has 2 aliphatic rings. The molecule has 7 nitrogen and oxygen atoms in total. The summed E-state index contributed by atoms with van der Waals surface area (Å²) >= 11 is 6.59. The molecule has 34 heavy (non-hydrogen) atoms. The molecule has 3 heterocycles. The van der Waals surface area contributed by atoms with Gasteiger partial charge < -0.3 is 19.4 Å². The van der Waals surface area contributed by atoms with Gasteiger partial charge in [-0.15, -0.1) is 0 Å². The van der Waals surface area contributed by atoms with Crippen molar-refractivity contribution in [2.45, 2.75) is 19.9 Å². The highest BCUT2D eigenvalue weighted by Gasteiger charge is 2.29. The van der Waals surface area contributed by atoms with Gasteiger partial charge in [0.25, 0.3) is 5.91 Å². The van der Waals surface area contributed by atoms with Crippen LogP contribution in [0.3, 0.4) is 0 Å². The molecule has 2 aliphatic heterocycles. The van der Waals surface area contributed by atoms with Crippen LogP contribution in [0.4, 0.5) is 11.5 Å². The van der Waals surface area contributed by atoms with Crippen LogP contribution in [0.1, 0.15) is 18.2 Å². The molecule has 0 atom stereocenters. The molecule has 0 spiro atoms. The van der Waals surface area contributed by atoms with E-state index in [-0.39, 0.29) is 5.91 Å². The number of rotatable bonds is 3. The standard InChI is InChI=1S/C26H26ClN5O2/c1-3-6-23(33)30-13-15-31(16-14-30)25-19-11-12-32(17-21(19)28-26(29-25)34-2)22-10-5-8-18-7-4-9-20(27)24(18)22/h4-5,7-10H,11-17H2,1-2H3. The zero-order valence-corrected chi connectivity index (χ0v) is 20.1. The highest BCUT2D eigenvalue weighted by Crippen LogP contribution is 2.36. The largest absolute Gasteiger partial charge is 0.467 e. The van der Waals surface area contributed by atoms with E-state index in [1.54, 1.807) is 18.9 Å². The summed E-state index contributed by atoms with van der Waals surface area (Å²) in [6.07, 6.45) is 0.815. The number of piperazine rings is 1. The van der Waals surface area contributed by atoms with Crippen LogP contribution >= 0.6 is 11.6 Å². The summed E-state index contributed by atoms with van der Waals surface area (Å²) in [6, 6.07) is 12.6. The second-order valence-electron chi connectivity index (χ2n) is 8.40. The van der Waals surface area contributed by atoms with Crippen molar-refractivity contribution in [3.63, 3.8) is 0 Å². The number of carbonyl (C=O) groups is 1. The molecule has 0 aliphatic carbocycles. The van der Waals surface area contributed by atoms with Crippen LogP contribution in [0.2, 0.25) is 5.02 Å². The molecule has 1 fully saturated rings. The Morgan fingerprint density at radius 1 is 1.03 bits per heavy atom. The van der Waals surface area contributed by atoms with E-state index in [0.29, 0.717) is 38.7 Å². The van der Waals surface area contributed by atoms with Crippen LogP contribution in [0.15, 0.2) is 36.4 Å².